The zero-order valence-corrected chi connectivity index (χ0v) is 6.55. The fourth-order valence-electron chi connectivity index (χ4n) is 0.437. The maximum atomic E-state index is 4.90. The van der Waals surface area contributed by atoms with Crippen LogP contribution in [0.2, 0.25) is 0 Å². The van der Waals surface area contributed by atoms with Gasteiger partial charge in [-0.2, -0.15) is 0 Å². The minimum atomic E-state index is 0.856. The second-order valence-corrected chi connectivity index (χ2v) is 3.15. The largest absolute Gasteiger partial charge is 0.365 e. The zero-order valence-electron chi connectivity index (χ0n) is 4.92. The molecule has 1 aromatic rings. The molecule has 0 aliphatic heterocycles. The molecule has 1 rings (SSSR count). The average Bonchev–Trinajstić information content (AvgIpc) is 1.88. The van der Waals surface area contributed by atoms with Crippen LogP contribution < -0.4 is 5.32 Å². The first-order chi connectivity index (χ1) is 4.33. The maximum absolute atomic E-state index is 4.90. The summed E-state index contributed by atoms with van der Waals surface area (Å²) < 4.78 is 0.856. The van der Waals surface area contributed by atoms with Crippen LogP contribution >= 0.6 is 23.6 Å². The molecule has 0 unspecified atom stereocenters. The van der Waals surface area contributed by atoms with Gasteiger partial charge in [-0.3, -0.25) is 0 Å². The molecule has 0 aliphatic rings. The molecule has 9 heavy (non-hydrogen) atoms. The van der Waals surface area contributed by atoms with E-state index in [0.717, 1.165) is 8.96 Å². The maximum Gasteiger partial charge on any atom is 0.183 e. The molecule has 0 saturated carbocycles. The summed E-state index contributed by atoms with van der Waals surface area (Å²) in [5.41, 5.74) is 0. The monoisotopic (exact) mass is 158 g/mol. The topological polar surface area (TPSA) is 24.9 Å². The van der Waals surface area contributed by atoms with E-state index >= 15 is 0 Å². The van der Waals surface area contributed by atoms with Gasteiger partial charge in [-0.25, -0.2) is 4.98 Å². The molecule has 4 heteroatoms. The van der Waals surface area contributed by atoms with Gasteiger partial charge in [0.05, 0.1) is 3.82 Å². The Morgan fingerprint density at radius 2 is 2.56 bits per heavy atom. The smallest absolute Gasteiger partial charge is 0.183 e. The predicted octanol–water partition coefficient (Wildman–Crippen LogP) is 1.91. The van der Waals surface area contributed by atoms with Gasteiger partial charge in [-0.05, 0) is 6.07 Å². The van der Waals surface area contributed by atoms with Crippen molar-refractivity contribution in [2.24, 2.45) is 0 Å². The predicted molar refractivity (Wildman–Crippen MR) is 42.5 cm³/mol. The SMILES string of the molecule is CNc1nccc(=S)s1. The molecular weight excluding hydrogens is 152 g/mol. The van der Waals surface area contributed by atoms with Gasteiger partial charge in [0, 0.05) is 13.2 Å². The van der Waals surface area contributed by atoms with Crippen molar-refractivity contribution in [3.63, 3.8) is 0 Å². The fourth-order valence-corrected chi connectivity index (χ4v) is 1.27. The van der Waals surface area contributed by atoms with E-state index in [2.05, 4.69) is 10.3 Å². The van der Waals surface area contributed by atoms with Crippen molar-refractivity contribution < 1.29 is 0 Å². The van der Waals surface area contributed by atoms with E-state index in [4.69, 9.17) is 12.2 Å². The number of nitrogens with one attached hydrogen (secondary N) is 1. The van der Waals surface area contributed by atoms with Gasteiger partial charge >= 0.3 is 0 Å². The molecule has 2 nitrogen and oxygen atoms in total. The van der Waals surface area contributed by atoms with Crippen molar-refractivity contribution in [3.05, 3.63) is 16.1 Å². The Labute approximate surface area is 62.6 Å². The van der Waals surface area contributed by atoms with Gasteiger partial charge in [0.2, 0.25) is 0 Å². The van der Waals surface area contributed by atoms with E-state index in [1.807, 2.05) is 7.05 Å². The number of nitrogens with zero attached hydrogens (tertiary/aromatic N) is 1. The Hall–Kier alpha value is -0.480. The summed E-state index contributed by atoms with van der Waals surface area (Å²) in [5.74, 6) is 0. The zero-order chi connectivity index (χ0) is 6.69. The van der Waals surface area contributed by atoms with Crippen LogP contribution in [0.5, 0.6) is 0 Å². The van der Waals surface area contributed by atoms with Gasteiger partial charge in [0.1, 0.15) is 0 Å². The van der Waals surface area contributed by atoms with E-state index in [1.165, 1.54) is 11.3 Å². The summed E-state index contributed by atoms with van der Waals surface area (Å²) in [7, 11) is 1.83. The van der Waals surface area contributed by atoms with Crippen molar-refractivity contribution in [2.45, 2.75) is 0 Å². The Bertz CT molecular complexity index is 243. The minimum absolute atomic E-state index is 0.856. The lowest BCUT2D eigenvalue weighted by atomic mass is 10.8. The van der Waals surface area contributed by atoms with Gasteiger partial charge in [0.15, 0.2) is 5.13 Å². The summed E-state index contributed by atoms with van der Waals surface area (Å²) in [6.07, 6.45) is 1.70. The molecule has 1 heterocycles. The summed E-state index contributed by atoms with van der Waals surface area (Å²) >= 11 is 6.37. The fraction of sp³-hybridized carbons (Fsp3) is 0.200. The van der Waals surface area contributed by atoms with Crippen molar-refractivity contribution in [3.8, 4) is 0 Å². The van der Waals surface area contributed by atoms with Crippen molar-refractivity contribution in [2.75, 3.05) is 12.4 Å². The van der Waals surface area contributed by atoms with E-state index in [1.54, 1.807) is 12.3 Å². The molecule has 0 bridgehead atoms. The lowest BCUT2D eigenvalue weighted by Gasteiger charge is -1.92. The van der Waals surface area contributed by atoms with Crippen LogP contribution in [-0.4, -0.2) is 12.0 Å². The summed E-state index contributed by atoms with van der Waals surface area (Å²) in [4.78, 5) is 4.00. The van der Waals surface area contributed by atoms with Gasteiger partial charge in [-0.1, -0.05) is 23.6 Å². The average molecular weight is 158 g/mol. The standard InChI is InChI=1S/C5H6N2S2/c1-6-5-7-3-2-4(8)9-5/h2-3H,1H3,(H,6,7). The molecule has 0 atom stereocenters. The minimum Gasteiger partial charge on any atom is -0.365 e. The Kier molecular flexibility index (Phi) is 2.13. The highest BCUT2D eigenvalue weighted by atomic mass is 32.1. The lowest BCUT2D eigenvalue weighted by Crippen LogP contribution is -1.86. The first-order valence-corrected chi connectivity index (χ1v) is 3.69. The molecule has 0 saturated heterocycles. The molecular formula is C5H6N2S2. The first kappa shape index (κ1) is 6.64. The van der Waals surface area contributed by atoms with Gasteiger partial charge in [-0.15, -0.1) is 0 Å². The molecule has 1 N–H and O–H groups in total. The Morgan fingerprint density at radius 1 is 1.78 bits per heavy atom. The molecule has 0 spiro atoms. The number of hydrogen-bond acceptors (Lipinski definition) is 4. The molecule has 0 aliphatic carbocycles. The van der Waals surface area contributed by atoms with Crippen LogP contribution in [0, 0.1) is 3.82 Å². The third-order valence-electron chi connectivity index (χ3n) is 0.814. The van der Waals surface area contributed by atoms with Crippen LogP contribution in [0.3, 0.4) is 0 Å². The molecule has 0 aromatic carbocycles. The van der Waals surface area contributed by atoms with E-state index in [0.29, 0.717) is 0 Å². The second-order valence-electron chi connectivity index (χ2n) is 1.42. The van der Waals surface area contributed by atoms with E-state index in [9.17, 15) is 0 Å². The van der Waals surface area contributed by atoms with Crippen LogP contribution in [0.1, 0.15) is 0 Å². The summed E-state index contributed by atoms with van der Waals surface area (Å²) in [6.45, 7) is 0. The number of rotatable bonds is 1. The highest BCUT2D eigenvalue weighted by Crippen LogP contribution is 2.09. The molecule has 1 aromatic heterocycles. The van der Waals surface area contributed by atoms with E-state index in [-0.39, 0.29) is 0 Å². The highest BCUT2D eigenvalue weighted by Gasteiger charge is 1.85. The second kappa shape index (κ2) is 2.89. The van der Waals surface area contributed by atoms with Gasteiger partial charge < -0.3 is 5.32 Å². The van der Waals surface area contributed by atoms with Crippen LogP contribution in [0.15, 0.2) is 12.3 Å². The Balaban J connectivity index is 3.08. The van der Waals surface area contributed by atoms with Crippen LogP contribution in [-0.2, 0) is 0 Å². The third kappa shape index (κ3) is 1.73. The molecule has 48 valence electrons. The summed E-state index contributed by atoms with van der Waals surface area (Å²) in [5, 5.41) is 3.77. The van der Waals surface area contributed by atoms with Crippen molar-refractivity contribution >= 4 is 28.7 Å². The summed E-state index contributed by atoms with van der Waals surface area (Å²) in [6, 6.07) is 1.81. The highest BCUT2D eigenvalue weighted by molar-refractivity contribution is 7.73. The van der Waals surface area contributed by atoms with E-state index < -0.39 is 0 Å². The number of aromatic nitrogens is 1. The normalized spacial score (nSPS) is 9.00. The van der Waals surface area contributed by atoms with Crippen LogP contribution in [0.4, 0.5) is 5.13 Å². The number of hydrogen-bond donors (Lipinski definition) is 1. The van der Waals surface area contributed by atoms with Crippen molar-refractivity contribution in [1.29, 1.82) is 0 Å². The van der Waals surface area contributed by atoms with Gasteiger partial charge in [0.25, 0.3) is 0 Å². The van der Waals surface area contributed by atoms with Crippen molar-refractivity contribution in [1.82, 2.24) is 4.98 Å². The quantitative estimate of drug-likeness (QED) is 0.632. The first-order valence-electron chi connectivity index (χ1n) is 2.47. The Morgan fingerprint density at radius 3 is 3.00 bits per heavy atom. The van der Waals surface area contributed by atoms with Crippen LogP contribution in [0.25, 0.3) is 0 Å². The number of anilines is 1. The third-order valence-corrected chi connectivity index (χ3v) is 2.04. The lowest BCUT2D eigenvalue weighted by molar-refractivity contribution is 1.34. The molecule has 0 amide bonds. The molecule has 0 fully saturated rings. The molecule has 0 radical (unpaired) electrons.